The average molecular weight is 291 g/mol. The average Bonchev–Trinajstić information content (AvgIpc) is 3.10. The molecule has 2 aromatic rings. The SMILES string of the molecule is CCCNC(c1ccc(CC)s1)c1ccnn1CCC. The number of thiophene rings is 1. The van der Waals surface area contributed by atoms with Gasteiger partial charge in [-0.15, -0.1) is 11.3 Å². The van der Waals surface area contributed by atoms with Crippen molar-refractivity contribution in [1.29, 1.82) is 0 Å². The van der Waals surface area contributed by atoms with Gasteiger partial charge in [-0.05, 0) is 44.0 Å². The molecule has 4 heteroatoms. The van der Waals surface area contributed by atoms with E-state index in [2.05, 4.69) is 54.1 Å². The zero-order chi connectivity index (χ0) is 14.4. The van der Waals surface area contributed by atoms with Gasteiger partial charge in [0.2, 0.25) is 0 Å². The number of aromatic nitrogens is 2. The van der Waals surface area contributed by atoms with E-state index in [1.165, 1.54) is 15.4 Å². The van der Waals surface area contributed by atoms with Crippen LogP contribution in [0.4, 0.5) is 0 Å². The highest BCUT2D eigenvalue weighted by Gasteiger charge is 2.19. The molecule has 2 aromatic heterocycles. The summed E-state index contributed by atoms with van der Waals surface area (Å²) in [7, 11) is 0. The predicted octanol–water partition coefficient (Wildman–Crippen LogP) is 4.01. The topological polar surface area (TPSA) is 29.9 Å². The normalized spacial score (nSPS) is 12.8. The van der Waals surface area contributed by atoms with Gasteiger partial charge in [0.1, 0.15) is 0 Å². The van der Waals surface area contributed by atoms with Crippen molar-refractivity contribution >= 4 is 11.3 Å². The molecule has 0 aliphatic heterocycles. The van der Waals surface area contributed by atoms with Crippen molar-refractivity contribution in [3.05, 3.63) is 39.8 Å². The lowest BCUT2D eigenvalue weighted by Gasteiger charge is -2.19. The van der Waals surface area contributed by atoms with E-state index in [1.54, 1.807) is 0 Å². The van der Waals surface area contributed by atoms with Crippen molar-refractivity contribution in [1.82, 2.24) is 15.1 Å². The molecule has 0 amide bonds. The van der Waals surface area contributed by atoms with E-state index >= 15 is 0 Å². The second-order valence-electron chi connectivity index (χ2n) is 5.02. The Morgan fingerprint density at radius 1 is 1.20 bits per heavy atom. The molecule has 110 valence electrons. The second kappa shape index (κ2) is 7.60. The van der Waals surface area contributed by atoms with E-state index in [0.29, 0.717) is 0 Å². The first-order valence-corrected chi connectivity index (χ1v) is 8.45. The summed E-state index contributed by atoms with van der Waals surface area (Å²) in [5, 5.41) is 8.14. The Hall–Kier alpha value is -1.13. The summed E-state index contributed by atoms with van der Waals surface area (Å²) in [6.07, 6.45) is 5.28. The molecule has 1 unspecified atom stereocenters. The fourth-order valence-electron chi connectivity index (χ4n) is 2.37. The van der Waals surface area contributed by atoms with Crippen LogP contribution in [0.25, 0.3) is 0 Å². The van der Waals surface area contributed by atoms with Crippen molar-refractivity contribution in [2.45, 2.75) is 52.6 Å². The first-order chi connectivity index (χ1) is 9.80. The maximum Gasteiger partial charge on any atom is 0.0841 e. The quantitative estimate of drug-likeness (QED) is 0.796. The number of hydrogen-bond acceptors (Lipinski definition) is 3. The van der Waals surface area contributed by atoms with Crippen LogP contribution in [-0.4, -0.2) is 16.3 Å². The fourth-order valence-corrected chi connectivity index (χ4v) is 3.41. The third-order valence-corrected chi connectivity index (χ3v) is 4.69. The molecule has 20 heavy (non-hydrogen) atoms. The van der Waals surface area contributed by atoms with Gasteiger partial charge in [-0.25, -0.2) is 0 Å². The standard InChI is InChI=1S/C16H25N3S/c1-4-10-17-16(15-8-7-13(6-3)20-15)14-9-11-18-19(14)12-5-2/h7-9,11,16-17H,4-6,10,12H2,1-3H3. The van der Waals surface area contributed by atoms with Crippen LogP contribution in [0.15, 0.2) is 24.4 Å². The van der Waals surface area contributed by atoms with Crippen molar-refractivity contribution < 1.29 is 0 Å². The summed E-state index contributed by atoms with van der Waals surface area (Å²) in [4.78, 5) is 2.85. The van der Waals surface area contributed by atoms with E-state index in [9.17, 15) is 0 Å². The molecule has 0 bridgehead atoms. The van der Waals surface area contributed by atoms with Crippen LogP contribution in [0.5, 0.6) is 0 Å². The molecule has 0 saturated heterocycles. The van der Waals surface area contributed by atoms with Gasteiger partial charge in [-0.2, -0.15) is 5.10 Å². The van der Waals surface area contributed by atoms with Crippen LogP contribution in [0.2, 0.25) is 0 Å². The Bertz CT molecular complexity index is 515. The maximum atomic E-state index is 4.47. The van der Waals surface area contributed by atoms with Gasteiger partial charge in [-0.3, -0.25) is 4.68 Å². The molecule has 2 rings (SSSR count). The van der Waals surface area contributed by atoms with Crippen molar-refractivity contribution in [2.75, 3.05) is 6.54 Å². The molecule has 1 N–H and O–H groups in total. The lowest BCUT2D eigenvalue weighted by molar-refractivity contribution is 0.515. The number of nitrogens with zero attached hydrogens (tertiary/aromatic N) is 2. The largest absolute Gasteiger partial charge is 0.304 e. The zero-order valence-electron chi connectivity index (χ0n) is 12.7. The highest BCUT2D eigenvalue weighted by atomic mass is 32.1. The number of nitrogens with one attached hydrogen (secondary N) is 1. The molecule has 0 aliphatic carbocycles. The molecular formula is C16H25N3S. The molecule has 0 aliphatic rings. The summed E-state index contributed by atoms with van der Waals surface area (Å²) in [5.41, 5.74) is 1.28. The van der Waals surface area contributed by atoms with Crippen LogP contribution in [0, 0.1) is 0 Å². The summed E-state index contributed by atoms with van der Waals surface area (Å²) in [6, 6.07) is 6.93. The summed E-state index contributed by atoms with van der Waals surface area (Å²) in [5.74, 6) is 0. The van der Waals surface area contributed by atoms with Crippen molar-refractivity contribution in [2.24, 2.45) is 0 Å². The Morgan fingerprint density at radius 3 is 2.70 bits per heavy atom. The van der Waals surface area contributed by atoms with Crippen LogP contribution < -0.4 is 5.32 Å². The first-order valence-electron chi connectivity index (χ1n) is 7.63. The highest BCUT2D eigenvalue weighted by molar-refractivity contribution is 7.12. The minimum absolute atomic E-state index is 0.272. The monoisotopic (exact) mass is 291 g/mol. The Morgan fingerprint density at radius 2 is 2.05 bits per heavy atom. The number of hydrogen-bond donors (Lipinski definition) is 1. The van der Waals surface area contributed by atoms with E-state index in [-0.39, 0.29) is 6.04 Å². The lowest BCUT2D eigenvalue weighted by atomic mass is 10.1. The van der Waals surface area contributed by atoms with Gasteiger partial charge in [-0.1, -0.05) is 20.8 Å². The molecule has 2 heterocycles. The summed E-state index contributed by atoms with van der Waals surface area (Å²) in [6.45, 7) is 8.63. The molecular weight excluding hydrogens is 266 g/mol. The predicted molar refractivity (Wildman–Crippen MR) is 86.4 cm³/mol. The van der Waals surface area contributed by atoms with Crippen LogP contribution >= 0.6 is 11.3 Å². The fraction of sp³-hybridized carbons (Fsp3) is 0.562. The minimum atomic E-state index is 0.272. The third kappa shape index (κ3) is 3.49. The molecule has 0 radical (unpaired) electrons. The second-order valence-corrected chi connectivity index (χ2v) is 6.22. The highest BCUT2D eigenvalue weighted by Crippen LogP contribution is 2.29. The minimum Gasteiger partial charge on any atom is -0.304 e. The van der Waals surface area contributed by atoms with Gasteiger partial charge in [0.25, 0.3) is 0 Å². The molecule has 0 saturated carbocycles. The molecule has 0 spiro atoms. The van der Waals surface area contributed by atoms with E-state index in [0.717, 1.165) is 32.4 Å². The maximum absolute atomic E-state index is 4.47. The van der Waals surface area contributed by atoms with Gasteiger partial charge in [0, 0.05) is 22.5 Å². The molecule has 0 aromatic carbocycles. The Labute approximate surface area is 126 Å². The lowest BCUT2D eigenvalue weighted by Crippen LogP contribution is -2.25. The Kier molecular flexibility index (Phi) is 5.80. The molecule has 3 nitrogen and oxygen atoms in total. The van der Waals surface area contributed by atoms with Gasteiger partial charge < -0.3 is 5.32 Å². The van der Waals surface area contributed by atoms with Crippen LogP contribution in [0.3, 0.4) is 0 Å². The smallest absolute Gasteiger partial charge is 0.0841 e. The van der Waals surface area contributed by atoms with Crippen LogP contribution in [0.1, 0.15) is 55.1 Å². The number of rotatable bonds is 8. The molecule has 1 atom stereocenters. The van der Waals surface area contributed by atoms with Gasteiger partial charge in [0.15, 0.2) is 0 Å². The van der Waals surface area contributed by atoms with E-state index in [4.69, 9.17) is 0 Å². The summed E-state index contributed by atoms with van der Waals surface area (Å²) < 4.78 is 2.14. The van der Waals surface area contributed by atoms with Gasteiger partial charge in [0.05, 0.1) is 11.7 Å². The third-order valence-electron chi connectivity index (χ3n) is 3.39. The van der Waals surface area contributed by atoms with Crippen molar-refractivity contribution in [3.8, 4) is 0 Å². The Balaban J connectivity index is 2.28. The summed E-state index contributed by atoms with van der Waals surface area (Å²) >= 11 is 1.91. The van der Waals surface area contributed by atoms with Crippen molar-refractivity contribution in [3.63, 3.8) is 0 Å². The molecule has 0 fully saturated rings. The van der Waals surface area contributed by atoms with Crippen LogP contribution in [-0.2, 0) is 13.0 Å². The van der Waals surface area contributed by atoms with E-state index < -0.39 is 0 Å². The number of aryl methyl sites for hydroxylation is 2. The zero-order valence-corrected chi connectivity index (χ0v) is 13.5. The van der Waals surface area contributed by atoms with E-state index in [1.807, 2.05) is 17.5 Å². The first kappa shape index (κ1) is 15.3. The van der Waals surface area contributed by atoms with Gasteiger partial charge >= 0.3 is 0 Å².